The second-order valence-corrected chi connectivity index (χ2v) is 5.38. The van der Waals surface area contributed by atoms with Gasteiger partial charge in [0.15, 0.2) is 0 Å². The first kappa shape index (κ1) is 18.7. The molecule has 0 spiro atoms. The molecule has 1 aromatic rings. The van der Waals surface area contributed by atoms with Gasteiger partial charge < -0.3 is 10.4 Å². The first-order chi connectivity index (χ1) is 10.9. The number of carboxylic acids is 1. The van der Waals surface area contributed by atoms with E-state index < -0.39 is 17.2 Å². The molecule has 0 aliphatic carbocycles. The van der Waals surface area contributed by atoms with Gasteiger partial charge in [0.1, 0.15) is 6.54 Å². The standard InChI is InChI=1S/C15H23N3O5/c1-17-13(20)8-10-18(15(17)23)11-12(19)16-9-6-4-2-3-5-7-14(21)22/h8,10H,2-7,9,11H2,1H3,(H,16,19)(H,21,22). The summed E-state index contributed by atoms with van der Waals surface area (Å²) < 4.78 is 2.13. The summed E-state index contributed by atoms with van der Waals surface area (Å²) in [6.45, 7) is 0.393. The Balaban J connectivity index is 2.21. The van der Waals surface area contributed by atoms with Crippen molar-refractivity contribution in [2.75, 3.05) is 6.54 Å². The predicted molar refractivity (Wildman–Crippen MR) is 84.3 cm³/mol. The topological polar surface area (TPSA) is 110 Å². The van der Waals surface area contributed by atoms with Gasteiger partial charge in [-0.25, -0.2) is 4.79 Å². The predicted octanol–water partition coefficient (Wildman–Crippen LogP) is 0.0884. The summed E-state index contributed by atoms with van der Waals surface area (Å²) in [7, 11) is 1.36. The molecule has 0 saturated heterocycles. The van der Waals surface area contributed by atoms with Crippen LogP contribution in [0.3, 0.4) is 0 Å². The van der Waals surface area contributed by atoms with Crippen LogP contribution in [0.4, 0.5) is 0 Å². The summed E-state index contributed by atoms with van der Waals surface area (Å²) in [5.74, 6) is -1.05. The third kappa shape index (κ3) is 6.94. The molecule has 2 N–H and O–H groups in total. The highest BCUT2D eigenvalue weighted by Gasteiger charge is 2.06. The number of rotatable bonds is 10. The molecule has 0 fully saturated rings. The van der Waals surface area contributed by atoms with Crippen LogP contribution in [0.5, 0.6) is 0 Å². The van der Waals surface area contributed by atoms with Crippen LogP contribution in [-0.2, 0) is 23.2 Å². The van der Waals surface area contributed by atoms with Crippen LogP contribution in [-0.4, -0.2) is 32.7 Å². The third-order valence-corrected chi connectivity index (χ3v) is 3.46. The normalized spacial score (nSPS) is 10.5. The zero-order chi connectivity index (χ0) is 17.2. The molecular formula is C15H23N3O5. The maximum atomic E-state index is 11.8. The fraction of sp³-hybridized carbons (Fsp3) is 0.600. The summed E-state index contributed by atoms with van der Waals surface area (Å²) in [5.41, 5.74) is -0.930. The van der Waals surface area contributed by atoms with E-state index in [-0.39, 0.29) is 18.9 Å². The number of nitrogens with one attached hydrogen (secondary N) is 1. The van der Waals surface area contributed by atoms with Gasteiger partial charge in [0.2, 0.25) is 5.91 Å². The lowest BCUT2D eigenvalue weighted by atomic mass is 10.1. The van der Waals surface area contributed by atoms with E-state index in [9.17, 15) is 19.2 Å². The number of nitrogens with zero attached hydrogens (tertiary/aromatic N) is 2. The van der Waals surface area contributed by atoms with E-state index in [0.717, 1.165) is 30.3 Å². The monoisotopic (exact) mass is 325 g/mol. The van der Waals surface area contributed by atoms with E-state index >= 15 is 0 Å². The SMILES string of the molecule is Cn1c(=O)ccn(CC(=O)NCCCCCCCC(=O)O)c1=O. The number of carbonyl (C=O) groups is 2. The molecule has 0 radical (unpaired) electrons. The van der Waals surface area contributed by atoms with E-state index in [2.05, 4.69) is 5.32 Å². The van der Waals surface area contributed by atoms with Gasteiger partial charge in [-0.05, 0) is 12.8 Å². The van der Waals surface area contributed by atoms with E-state index in [1.165, 1.54) is 23.9 Å². The summed E-state index contributed by atoms with van der Waals surface area (Å²) in [4.78, 5) is 45.1. The lowest BCUT2D eigenvalue weighted by Gasteiger charge is -2.08. The van der Waals surface area contributed by atoms with Crippen molar-refractivity contribution in [3.05, 3.63) is 33.1 Å². The fourth-order valence-corrected chi connectivity index (χ4v) is 2.11. The van der Waals surface area contributed by atoms with Crippen molar-refractivity contribution in [2.45, 2.75) is 45.1 Å². The molecule has 8 nitrogen and oxygen atoms in total. The molecule has 1 heterocycles. The molecule has 0 bridgehead atoms. The van der Waals surface area contributed by atoms with Crippen LogP contribution in [0.25, 0.3) is 0 Å². The molecule has 1 aromatic heterocycles. The summed E-state index contributed by atoms with van der Waals surface area (Å²) in [6, 6.07) is 1.24. The molecule has 8 heteroatoms. The summed E-state index contributed by atoms with van der Waals surface area (Å²) >= 11 is 0. The summed E-state index contributed by atoms with van der Waals surface area (Å²) in [6.07, 6.45) is 5.72. The molecule has 0 aromatic carbocycles. The van der Waals surface area contributed by atoms with E-state index in [4.69, 9.17) is 5.11 Å². The van der Waals surface area contributed by atoms with Gasteiger partial charge in [0, 0.05) is 32.3 Å². The minimum Gasteiger partial charge on any atom is -0.481 e. The number of unbranched alkanes of at least 4 members (excludes halogenated alkanes) is 4. The van der Waals surface area contributed by atoms with E-state index in [0.29, 0.717) is 13.0 Å². The van der Waals surface area contributed by atoms with Crippen molar-refractivity contribution in [2.24, 2.45) is 7.05 Å². The van der Waals surface area contributed by atoms with Crippen molar-refractivity contribution >= 4 is 11.9 Å². The quantitative estimate of drug-likeness (QED) is 0.592. The molecule has 128 valence electrons. The smallest absolute Gasteiger partial charge is 0.331 e. The Hall–Kier alpha value is -2.38. The molecule has 1 rings (SSSR count). The summed E-state index contributed by atoms with van der Waals surface area (Å²) in [5, 5.41) is 11.2. The lowest BCUT2D eigenvalue weighted by Crippen LogP contribution is -2.40. The van der Waals surface area contributed by atoms with Crippen molar-refractivity contribution < 1.29 is 14.7 Å². The van der Waals surface area contributed by atoms with Gasteiger partial charge in [-0.3, -0.25) is 23.5 Å². The number of aromatic nitrogens is 2. The van der Waals surface area contributed by atoms with Crippen molar-refractivity contribution in [3.8, 4) is 0 Å². The Morgan fingerprint density at radius 3 is 2.48 bits per heavy atom. The fourth-order valence-electron chi connectivity index (χ4n) is 2.11. The molecule has 0 aliphatic rings. The van der Waals surface area contributed by atoms with Gasteiger partial charge in [0.25, 0.3) is 5.56 Å². The largest absolute Gasteiger partial charge is 0.481 e. The Bertz CT molecular complexity index is 647. The zero-order valence-corrected chi connectivity index (χ0v) is 13.3. The molecule has 0 saturated carbocycles. The molecule has 23 heavy (non-hydrogen) atoms. The lowest BCUT2D eigenvalue weighted by molar-refractivity contribution is -0.137. The van der Waals surface area contributed by atoms with Crippen LogP contribution in [0.1, 0.15) is 38.5 Å². The number of carboxylic acid groups (broad SMARTS) is 1. The second-order valence-electron chi connectivity index (χ2n) is 5.38. The van der Waals surface area contributed by atoms with E-state index in [1.807, 2.05) is 0 Å². The Morgan fingerprint density at radius 2 is 1.78 bits per heavy atom. The van der Waals surface area contributed by atoms with Crippen molar-refractivity contribution in [1.29, 1.82) is 0 Å². The minimum absolute atomic E-state index is 0.119. The average Bonchev–Trinajstić information content (AvgIpc) is 2.50. The van der Waals surface area contributed by atoms with Crippen molar-refractivity contribution in [1.82, 2.24) is 14.5 Å². The van der Waals surface area contributed by atoms with Crippen molar-refractivity contribution in [3.63, 3.8) is 0 Å². The van der Waals surface area contributed by atoms with Crippen LogP contribution in [0, 0.1) is 0 Å². The molecule has 0 atom stereocenters. The number of carbonyl (C=O) groups excluding carboxylic acids is 1. The van der Waals surface area contributed by atoms with Crippen LogP contribution >= 0.6 is 0 Å². The minimum atomic E-state index is -0.772. The van der Waals surface area contributed by atoms with Gasteiger partial charge in [0.05, 0.1) is 0 Å². The maximum absolute atomic E-state index is 11.8. The molecule has 0 aliphatic heterocycles. The Morgan fingerprint density at radius 1 is 1.13 bits per heavy atom. The molecular weight excluding hydrogens is 302 g/mol. The number of hydrogen-bond donors (Lipinski definition) is 2. The van der Waals surface area contributed by atoms with Gasteiger partial charge in [-0.1, -0.05) is 19.3 Å². The van der Waals surface area contributed by atoms with Crippen LogP contribution in [0.2, 0.25) is 0 Å². The second kappa shape index (κ2) is 9.60. The number of hydrogen-bond acceptors (Lipinski definition) is 4. The van der Waals surface area contributed by atoms with Gasteiger partial charge in [-0.15, -0.1) is 0 Å². The first-order valence-electron chi connectivity index (χ1n) is 7.67. The van der Waals surface area contributed by atoms with Gasteiger partial charge >= 0.3 is 11.7 Å². The maximum Gasteiger partial charge on any atom is 0.331 e. The third-order valence-electron chi connectivity index (χ3n) is 3.46. The number of aliphatic carboxylic acids is 1. The first-order valence-corrected chi connectivity index (χ1v) is 7.67. The Labute approximate surface area is 133 Å². The number of amides is 1. The van der Waals surface area contributed by atoms with Crippen LogP contribution in [0.15, 0.2) is 21.9 Å². The van der Waals surface area contributed by atoms with E-state index in [1.54, 1.807) is 0 Å². The molecule has 0 unspecified atom stereocenters. The Kier molecular flexibility index (Phi) is 7.79. The highest BCUT2D eigenvalue weighted by molar-refractivity contribution is 5.75. The highest BCUT2D eigenvalue weighted by Crippen LogP contribution is 2.04. The van der Waals surface area contributed by atoms with Crippen LogP contribution < -0.4 is 16.6 Å². The van der Waals surface area contributed by atoms with Gasteiger partial charge in [-0.2, -0.15) is 0 Å². The molecule has 1 amide bonds. The average molecular weight is 325 g/mol. The highest BCUT2D eigenvalue weighted by atomic mass is 16.4. The zero-order valence-electron chi connectivity index (χ0n) is 13.3.